The maximum Gasteiger partial charge on any atom is 0.145 e. The van der Waals surface area contributed by atoms with E-state index in [4.69, 9.17) is 4.98 Å². The fourth-order valence-electron chi connectivity index (χ4n) is 3.19. The van der Waals surface area contributed by atoms with Gasteiger partial charge >= 0.3 is 0 Å². The van der Waals surface area contributed by atoms with Gasteiger partial charge in [-0.3, -0.25) is 9.38 Å². The predicted molar refractivity (Wildman–Crippen MR) is 93.4 cm³/mol. The van der Waals surface area contributed by atoms with Crippen molar-refractivity contribution in [2.45, 2.75) is 0 Å². The molecule has 3 aromatic heterocycles. The van der Waals surface area contributed by atoms with Crippen LogP contribution in [-0.2, 0) is 0 Å². The summed E-state index contributed by atoms with van der Waals surface area (Å²) in [5.74, 6) is 0. The molecule has 3 heterocycles. The highest BCUT2D eigenvalue weighted by atomic mass is 15.0. The first-order chi connectivity index (χ1) is 11.4. The van der Waals surface area contributed by atoms with E-state index >= 15 is 0 Å². The molecule has 0 aliphatic carbocycles. The molecule has 0 fully saturated rings. The first-order valence-corrected chi connectivity index (χ1v) is 7.62. The Kier molecular flexibility index (Phi) is 2.50. The first kappa shape index (κ1) is 12.4. The summed E-state index contributed by atoms with van der Waals surface area (Å²) in [6.45, 7) is 0. The summed E-state index contributed by atoms with van der Waals surface area (Å²) in [4.78, 5) is 9.49. The lowest BCUT2D eigenvalue weighted by Crippen LogP contribution is -1.91. The maximum absolute atomic E-state index is 4.90. The van der Waals surface area contributed by atoms with Gasteiger partial charge in [-0.05, 0) is 12.1 Å². The second-order valence-corrected chi connectivity index (χ2v) is 5.60. The molecule has 0 saturated heterocycles. The zero-order chi connectivity index (χ0) is 15.2. The van der Waals surface area contributed by atoms with Gasteiger partial charge in [0, 0.05) is 28.7 Å². The van der Waals surface area contributed by atoms with Crippen molar-refractivity contribution in [1.82, 2.24) is 14.4 Å². The van der Waals surface area contributed by atoms with Crippen molar-refractivity contribution in [2.75, 3.05) is 0 Å². The number of fused-ring (bicyclic) bond motifs is 6. The molecule has 2 aromatic carbocycles. The highest BCUT2D eigenvalue weighted by Crippen LogP contribution is 2.30. The van der Waals surface area contributed by atoms with Crippen LogP contribution in [-0.4, -0.2) is 14.4 Å². The van der Waals surface area contributed by atoms with Gasteiger partial charge in [0.25, 0.3) is 0 Å². The number of hydrogen-bond donors (Lipinski definition) is 0. The molecule has 0 N–H and O–H groups in total. The molecular weight excluding hydrogens is 282 g/mol. The molecule has 0 atom stereocenters. The molecule has 3 nitrogen and oxygen atoms in total. The van der Waals surface area contributed by atoms with Gasteiger partial charge in [-0.15, -0.1) is 0 Å². The van der Waals surface area contributed by atoms with Gasteiger partial charge < -0.3 is 0 Å². The Morgan fingerprint density at radius 2 is 1.52 bits per heavy atom. The summed E-state index contributed by atoms with van der Waals surface area (Å²) in [5, 5.41) is 2.27. The molecule has 0 aliphatic heterocycles. The van der Waals surface area contributed by atoms with E-state index in [-0.39, 0.29) is 0 Å². The minimum Gasteiger partial charge on any atom is -0.297 e. The summed E-state index contributed by atoms with van der Waals surface area (Å²) >= 11 is 0. The molecule has 0 saturated carbocycles. The van der Waals surface area contributed by atoms with Gasteiger partial charge in [-0.1, -0.05) is 54.6 Å². The van der Waals surface area contributed by atoms with Crippen molar-refractivity contribution in [3.63, 3.8) is 0 Å². The van der Waals surface area contributed by atoms with Crippen LogP contribution >= 0.6 is 0 Å². The molecule has 0 aliphatic rings. The van der Waals surface area contributed by atoms with E-state index < -0.39 is 0 Å². The molecule has 5 rings (SSSR count). The smallest absolute Gasteiger partial charge is 0.145 e. The summed E-state index contributed by atoms with van der Waals surface area (Å²) in [7, 11) is 0. The molecule has 5 aromatic rings. The Morgan fingerprint density at radius 1 is 0.739 bits per heavy atom. The predicted octanol–water partition coefficient (Wildman–Crippen LogP) is 4.70. The fraction of sp³-hybridized carbons (Fsp3) is 0. The van der Waals surface area contributed by atoms with Crippen LogP contribution in [0.2, 0.25) is 0 Å². The van der Waals surface area contributed by atoms with Crippen molar-refractivity contribution in [3.05, 3.63) is 79.1 Å². The molecular formula is C20H13N3. The number of rotatable bonds is 1. The van der Waals surface area contributed by atoms with Crippen molar-refractivity contribution in [1.29, 1.82) is 0 Å². The topological polar surface area (TPSA) is 30.2 Å². The van der Waals surface area contributed by atoms with E-state index in [1.165, 1.54) is 0 Å². The molecule has 0 spiro atoms. The minimum atomic E-state index is 0.972. The van der Waals surface area contributed by atoms with Gasteiger partial charge in [0.05, 0.1) is 16.7 Å². The lowest BCUT2D eigenvalue weighted by Gasteiger charge is -2.06. The zero-order valence-corrected chi connectivity index (χ0v) is 12.3. The Balaban J connectivity index is 1.99. The van der Waals surface area contributed by atoms with E-state index in [1.54, 1.807) is 0 Å². The van der Waals surface area contributed by atoms with Crippen LogP contribution < -0.4 is 0 Å². The third-order valence-corrected chi connectivity index (χ3v) is 4.24. The summed E-state index contributed by atoms with van der Waals surface area (Å²) in [6.07, 6.45) is 3.94. The van der Waals surface area contributed by atoms with Crippen molar-refractivity contribution in [3.8, 4) is 11.3 Å². The first-order valence-electron chi connectivity index (χ1n) is 7.62. The van der Waals surface area contributed by atoms with Crippen molar-refractivity contribution < 1.29 is 0 Å². The van der Waals surface area contributed by atoms with Gasteiger partial charge in [0.15, 0.2) is 0 Å². The fourth-order valence-corrected chi connectivity index (χ4v) is 3.19. The van der Waals surface area contributed by atoms with Gasteiger partial charge in [0.2, 0.25) is 0 Å². The lowest BCUT2D eigenvalue weighted by molar-refractivity contribution is 1.25. The van der Waals surface area contributed by atoms with Crippen LogP contribution in [0, 0.1) is 0 Å². The van der Waals surface area contributed by atoms with Crippen LogP contribution in [0.1, 0.15) is 0 Å². The zero-order valence-electron chi connectivity index (χ0n) is 12.3. The Labute approximate surface area is 132 Å². The van der Waals surface area contributed by atoms with E-state index in [1.807, 2.05) is 42.6 Å². The number of pyridine rings is 2. The Morgan fingerprint density at radius 3 is 2.39 bits per heavy atom. The Bertz CT molecular complexity index is 1080. The molecule has 0 bridgehead atoms. The van der Waals surface area contributed by atoms with Crippen molar-refractivity contribution >= 4 is 27.5 Å². The van der Waals surface area contributed by atoms with Gasteiger partial charge in [0.1, 0.15) is 5.65 Å². The molecule has 0 radical (unpaired) electrons. The van der Waals surface area contributed by atoms with Crippen LogP contribution in [0.3, 0.4) is 0 Å². The standard InChI is InChI=1S/C20H13N3/c1-2-7-14(8-3-1)17-13-23-18-11-6-12-21-19(18)15-9-4-5-10-16(15)20(23)22-17/h1-13H. The third kappa shape index (κ3) is 1.77. The molecule has 0 unspecified atom stereocenters. The van der Waals surface area contributed by atoms with Crippen LogP contribution in [0.4, 0.5) is 0 Å². The average Bonchev–Trinajstić information content (AvgIpc) is 3.09. The molecule has 3 heteroatoms. The highest BCUT2D eigenvalue weighted by Gasteiger charge is 2.12. The number of benzene rings is 2. The number of hydrogen-bond acceptors (Lipinski definition) is 2. The lowest BCUT2D eigenvalue weighted by atomic mass is 10.1. The second kappa shape index (κ2) is 4.65. The van der Waals surface area contributed by atoms with Crippen LogP contribution in [0.15, 0.2) is 79.1 Å². The monoisotopic (exact) mass is 295 g/mol. The third-order valence-electron chi connectivity index (χ3n) is 4.24. The normalized spacial score (nSPS) is 11.5. The maximum atomic E-state index is 4.90. The van der Waals surface area contributed by atoms with E-state index in [0.29, 0.717) is 0 Å². The molecule has 0 amide bonds. The number of nitrogens with zero attached hydrogens (tertiary/aromatic N) is 3. The number of imidazole rings is 1. The summed E-state index contributed by atoms with van der Waals surface area (Å²) in [5.41, 5.74) is 5.16. The van der Waals surface area contributed by atoms with E-state index in [9.17, 15) is 0 Å². The van der Waals surface area contributed by atoms with Crippen molar-refractivity contribution in [2.24, 2.45) is 0 Å². The second-order valence-electron chi connectivity index (χ2n) is 5.60. The van der Waals surface area contributed by atoms with Gasteiger partial charge in [-0.25, -0.2) is 4.98 Å². The molecule has 108 valence electrons. The summed E-state index contributed by atoms with van der Waals surface area (Å²) in [6, 6.07) is 22.7. The largest absolute Gasteiger partial charge is 0.297 e. The minimum absolute atomic E-state index is 0.972. The quantitative estimate of drug-likeness (QED) is 0.419. The highest BCUT2D eigenvalue weighted by molar-refractivity contribution is 6.10. The van der Waals surface area contributed by atoms with E-state index in [0.717, 1.165) is 38.7 Å². The van der Waals surface area contributed by atoms with Crippen LogP contribution in [0.25, 0.3) is 38.7 Å². The average molecular weight is 295 g/mol. The summed E-state index contributed by atoms with van der Waals surface area (Å²) < 4.78 is 2.15. The Hall–Kier alpha value is -3.20. The van der Waals surface area contributed by atoms with Crippen LogP contribution in [0.5, 0.6) is 0 Å². The van der Waals surface area contributed by atoms with E-state index in [2.05, 4.69) is 45.9 Å². The number of aromatic nitrogens is 3. The SMILES string of the molecule is c1ccc(-c2cn3c4cccnc4c4ccccc4c3n2)cc1. The molecule has 23 heavy (non-hydrogen) atoms. The van der Waals surface area contributed by atoms with Gasteiger partial charge in [-0.2, -0.15) is 0 Å².